The number of aromatic nitrogens is 2. The lowest BCUT2D eigenvalue weighted by atomic mass is 9.75. The highest BCUT2D eigenvalue weighted by molar-refractivity contribution is 8.13. The summed E-state index contributed by atoms with van der Waals surface area (Å²) in [7, 11) is 0. The summed E-state index contributed by atoms with van der Waals surface area (Å²) in [6, 6.07) is 12.2. The van der Waals surface area contributed by atoms with Crippen LogP contribution < -0.4 is 5.32 Å². The third-order valence-corrected chi connectivity index (χ3v) is 6.91. The van der Waals surface area contributed by atoms with E-state index in [1.165, 1.54) is 23.9 Å². The molecule has 3 heterocycles. The third-order valence-electron chi connectivity index (χ3n) is 5.87. The van der Waals surface area contributed by atoms with E-state index in [-0.39, 0.29) is 24.0 Å². The Balaban J connectivity index is 1.50. The van der Waals surface area contributed by atoms with Gasteiger partial charge in [-0.05, 0) is 24.6 Å². The Kier molecular flexibility index (Phi) is 5.71. The molecule has 10 heteroatoms. The molecule has 1 fully saturated rings. The Morgan fingerprint density at radius 2 is 2.00 bits per heavy atom. The fourth-order valence-electron chi connectivity index (χ4n) is 4.22. The van der Waals surface area contributed by atoms with Gasteiger partial charge in [0.15, 0.2) is 5.17 Å². The first-order chi connectivity index (χ1) is 15.9. The van der Waals surface area contributed by atoms with E-state index in [1.807, 2.05) is 6.07 Å². The van der Waals surface area contributed by atoms with Crippen molar-refractivity contribution in [3.8, 4) is 0 Å². The Morgan fingerprint density at radius 1 is 1.18 bits per heavy atom. The van der Waals surface area contributed by atoms with E-state index in [2.05, 4.69) is 15.5 Å². The summed E-state index contributed by atoms with van der Waals surface area (Å²) >= 11 is 1.38. The number of hydrogen-bond donors (Lipinski definition) is 1. The van der Waals surface area contributed by atoms with Crippen LogP contribution in [0, 0.1) is 24.5 Å². The molecule has 0 bridgehead atoms. The average Bonchev–Trinajstić information content (AvgIpc) is 3.25. The maximum absolute atomic E-state index is 15.0. The number of ether oxygens (including phenoxy) is 1. The molecule has 2 aliphatic rings. The highest BCUT2D eigenvalue weighted by atomic mass is 32.2. The van der Waals surface area contributed by atoms with Crippen molar-refractivity contribution in [2.24, 2.45) is 10.9 Å². The van der Waals surface area contributed by atoms with Crippen LogP contribution in [-0.2, 0) is 10.3 Å². The average molecular weight is 471 g/mol. The van der Waals surface area contributed by atoms with Gasteiger partial charge in [0.25, 0.3) is 5.91 Å². The van der Waals surface area contributed by atoms with Crippen molar-refractivity contribution in [2.75, 3.05) is 12.4 Å². The zero-order valence-corrected chi connectivity index (χ0v) is 18.4. The van der Waals surface area contributed by atoms with Crippen molar-refractivity contribution in [3.05, 3.63) is 83.1 Å². The van der Waals surface area contributed by atoms with Crippen LogP contribution in [0.15, 0.2) is 57.9 Å². The van der Waals surface area contributed by atoms with Crippen molar-refractivity contribution in [1.29, 1.82) is 0 Å². The van der Waals surface area contributed by atoms with Crippen molar-refractivity contribution >= 4 is 22.8 Å². The summed E-state index contributed by atoms with van der Waals surface area (Å²) in [6.45, 7) is 1.71. The Bertz CT molecular complexity index is 1220. The number of benzene rings is 2. The molecule has 0 radical (unpaired) electrons. The first-order valence-corrected chi connectivity index (χ1v) is 11.4. The van der Waals surface area contributed by atoms with E-state index < -0.39 is 23.3 Å². The highest BCUT2D eigenvalue weighted by Crippen LogP contribution is 2.49. The lowest BCUT2D eigenvalue weighted by Crippen LogP contribution is -2.49. The van der Waals surface area contributed by atoms with Crippen LogP contribution in [0.5, 0.6) is 0 Å². The van der Waals surface area contributed by atoms with Gasteiger partial charge in [0.05, 0.1) is 6.61 Å². The Labute approximate surface area is 192 Å². The largest absolute Gasteiger partial charge is 0.423 e. The van der Waals surface area contributed by atoms with E-state index in [9.17, 15) is 13.6 Å². The quantitative estimate of drug-likeness (QED) is 0.618. The number of aliphatic imine (C=N–C) groups is 1. The molecule has 3 aromatic rings. The summed E-state index contributed by atoms with van der Waals surface area (Å²) in [5.74, 6) is -0.545. The zero-order chi connectivity index (χ0) is 23.0. The smallest absolute Gasteiger partial charge is 0.257 e. The minimum Gasteiger partial charge on any atom is -0.423 e. The molecule has 0 unspecified atom stereocenters. The predicted molar refractivity (Wildman–Crippen MR) is 118 cm³/mol. The molecular weight excluding hydrogens is 450 g/mol. The van der Waals surface area contributed by atoms with Crippen LogP contribution in [0.25, 0.3) is 0 Å². The zero-order valence-electron chi connectivity index (χ0n) is 17.6. The molecule has 7 nitrogen and oxygen atoms in total. The minimum atomic E-state index is -1.13. The van der Waals surface area contributed by atoms with E-state index >= 15 is 0 Å². The van der Waals surface area contributed by atoms with Gasteiger partial charge < -0.3 is 14.5 Å². The minimum absolute atomic E-state index is 0.0115. The van der Waals surface area contributed by atoms with Crippen molar-refractivity contribution in [1.82, 2.24) is 15.5 Å². The van der Waals surface area contributed by atoms with Crippen LogP contribution in [-0.4, -0.2) is 33.6 Å². The molecule has 170 valence electrons. The van der Waals surface area contributed by atoms with Gasteiger partial charge in [-0.2, -0.15) is 0 Å². The van der Waals surface area contributed by atoms with Crippen molar-refractivity contribution < 1.29 is 22.7 Å². The van der Waals surface area contributed by atoms with Crippen molar-refractivity contribution in [3.63, 3.8) is 0 Å². The molecule has 3 atom stereocenters. The van der Waals surface area contributed by atoms with Gasteiger partial charge in [-0.1, -0.05) is 36.0 Å². The molecule has 1 N–H and O–H groups in total. The van der Waals surface area contributed by atoms with E-state index in [0.717, 1.165) is 6.07 Å². The summed E-state index contributed by atoms with van der Waals surface area (Å²) < 4.78 is 40.2. The number of rotatable bonds is 3. The maximum Gasteiger partial charge on any atom is 0.257 e. The summed E-state index contributed by atoms with van der Waals surface area (Å²) in [6.07, 6.45) is -0.00131. The van der Waals surface area contributed by atoms with Gasteiger partial charge in [-0.15, -0.1) is 10.2 Å². The number of nitrogens with one attached hydrogen (secondary N) is 1. The van der Waals surface area contributed by atoms with E-state index in [4.69, 9.17) is 14.1 Å². The second-order valence-electron chi connectivity index (χ2n) is 7.99. The molecule has 2 aromatic carbocycles. The lowest BCUT2D eigenvalue weighted by Gasteiger charge is -2.46. The van der Waals surface area contributed by atoms with Crippen LogP contribution in [0.4, 0.5) is 8.78 Å². The van der Waals surface area contributed by atoms with Gasteiger partial charge in [0.1, 0.15) is 23.3 Å². The number of fused-ring (bicyclic) bond motifs is 1. The van der Waals surface area contributed by atoms with Gasteiger partial charge in [0.2, 0.25) is 11.8 Å². The second kappa shape index (κ2) is 8.68. The first kappa shape index (κ1) is 21.7. The normalized spacial score (nSPS) is 24.6. The standard InChI is InChI=1S/C23H20F2N4O3S/c1-13-28-29-21(32-13)19-9-15-11-33-22(26-20(30)14-5-3-2-4-6-14)27-23(15,12-31-19)17-8-7-16(24)10-18(17)25/h2-8,10,15,19H,9,11-12H2,1H3,(H,26,27,30)/t15-,19+,23-/m0/s1. The molecule has 5 rings (SSSR count). The Morgan fingerprint density at radius 3 is 2.73 bits per heavy atom. The summed E-state index contributed by atoms with van der Waals surface area (Å²) in [5, 5.41) is 11.1. The summed E-state index contributed by atoms with van der Waals surface area (Å²) in [4.78, 5) is 17.5. The lowest BCUT2D eigenvalue weighted by molar-refractivity contribution is -0.0700. The number of aryl methyl sites for hydroxylation is 1. The summed E-state index contributed by atoms with van der Waals surface area (Å²) in [5.41, 5.74) is -0.425. The molecule has 2 aliphatic heterocycles. The SMILES string of the molecule is Cc1nnc([C@H]2C[C@H]3CSC(NC(=O)c4ccccc4)=N[C@@]3(c3ccc(F)cc3F)CO2)o1. The fourth-order valence-corrected chi connectivity index (χ4v) is 5.39. The van der Waals surface area contributed by atoms with Crippen LogP contribution >= 0.6 is 11.8 Å². The molecule has 33 heavy (non-hydrogen) atoms. The maximum atomic E-state index is 15.0. The predicted octanol–water partition coefficient (Wildman–Crippen LogP) is 4.16. The fraction of sp³-hybridized carbons (Fsp3) is 0.304. The second-order valence-corrected chi connectivity index (χ2v) is 9.00. The number of amidine groups is 1. The van der Waals surface area contributed by atoms with E-state index in [0.29, 0.717) is 34.7 Å². The van der Waals surface area contributed by atoms with Gasteiger partial charge in [0, 0.05) is 35.8 Å². The molecule has 0 spiro atoms. The number of carbonyl (C=O) groups excluding carboxylic acids is 1. The molecule has 0 aliphatic carbocycles. The first-order valence-electron chi connectivity index (χ1n) is 10.4. The highest BCUT2D eigenvalue weighted by Gasteiger charge is 2.51. The number of hydrogen-bond acceptors (Lipinski definition) is 7. The number of halogens is 2. The van der Waals surface area contributed by atoms with Crippen molar-refractivity contribution in [2.45, 2.75) is 25.0 Å². The third kappa shape index (κ3) is 4.16. The van der Waals surface area contributed by atoms with Gasteiger partial charge in [-0.3, -0.25) is 4.79 Å². The monoisotopic (exact) mass is 470 g/mol. The van der Waals surface area contributed by atoms with Gasteiger partial charge >= 0.3 is 0 Å². The molecule has 1 amide bonds. The molecule has 1 aromatic heterocycles. The van der Waals surface area contributed by atoms with E-state index in [1.54, 1.807) is 31.2 Å². The molecule has 1 saturated heterocycles. The van der Waals surface area contributed by atoms with Crippen LogP contribution in [0.2, 0.25) is 0 Å². The topological polar surface area (TPSA) is 89.6 Å². The Hall–Kier alpha value is -3.11. The number of amides is 1. The number of carbonyl (C=O) groups is 1. The number of nitrogens with zero attached hydrogens (tertiary/aromatic N) is 3. The molecule has 0 saturated carbocycles. The number of thioether (sulfide) groups is 1. The van der Waals surface area contributed by atoms with Crippen LogP contribution in [0.3, 0.4) is 0 Å². The molecular formula is C23H20F2N4O3S. The van der Waals surface area contributed by atoms with Gasteiger partial charge in [-0.25, -0.2) is 13.8 Å². The van der Waals surface area contributed by atoms with Crippen LogP contribution in [0.1, 0.15) is 40.2 Å².